The second-order valence-corrected chi connectivity index (χ2v) is 5.86. The van der Waals surface area contributed by atoms with E-state index in [1.54, 1.807) is 6.92 Å². The molecule has 0 amide bonds. The zero-order valence-electron chi connectivity index (χ0n) is 11.5. The molecule has 0 radical (unpaired) electrons. The standard InChI is InChI=1S/C16H22O3/c1-12(17)13-3-5-14(6-4-13)19-15-7-10-18-16(11-15)8-2-9-16/h3-6,12,15,17H,2,7-11H2,1H3. The number of ether oxygens (including phenoxy) is 2. The molecule has 3 nitrogen and oxygen atoms in total. The van der Waals surface area contributed by atoms with Gasteiger partial charge in [-0.25, -0.2) is 0 Å². The third kappa shape index (κ3) is 2.77. The van der Waals surface area contributed by atoms with E-state index in [0.717, 1.165) is 30.8 Å². The zero-order valence-corrected chi connectivity index (χ0v) is 11.5. The van der Waals surface area contributed by atoms with Gasteiger partial charge in [-0.1, -0.05) is 12.1 Å². The van der Waals surface area contributed by atoms with Crippen LogP contribution >= 0.6 is 0 Å². The van der Waals surface area contributed by atoms with E-state index >= 15 is 0 Å². The van der Waals surface area contributed by atoms with Crippen molar-refractivity contribution in [3.63, 3.8) is 0 Å². The molecule has 1 saturated carbocycles. The molecule has 2 unspecified atom stereocenters. The lowest BCUT2D eigenvalue weighted by molar-refractivity contribution is -0.153. The summed E-state index contributed by atoms with van der Waals surface area (Å²) in [6.45, 7) is 2.59. The number of aliphatic hydroxyl groups excluding tert-OH is 1. The largest absolute Gasteiger partial charge is 0.490 e. The molecule has 0 aromatic heterocycles. The third-order valence-electron chi connectivity index (χ3n) is 4.38. The molecule has 1 aliphatic carbocycles. The molecule has 1 saturated heterocycles. The third-order valence-corrected chi connectivity index (χ3v) is 4.38. The zero-order chi connectivity index (χ0) is 13.3. The smallest absolute Gasteiger partial charge is 0.119 e. The van der Waals surface area contributed by atoms with Crippen molar-refractivity contribution in [2.24, 2.45) is 0 Å². The van der Waals surface area contributed by atoms with E-state index in [1.807, 2.05) is 24.3 Å². The number of hydrogen-bond donors (Lipinski definition) is 1. The highest BCUT2D eigenvalue weighted by atomic mass is 16.5. The maximum Gasteiger partial charge on any atom is 0.119 e. The molecule has 1 heterocycles. The first-order valence-electron chi connectivity index (χ1n) is 7.26. The van der Waals surface area contributed by atoms with Crippen molar-refractivity contribution < 1.29 is 14.6 Å². The van der Waals surface area contributed by atoms with Gasteiger partial charge in [-0.3, -0.25) is 0 Å². The van der Waals surface area contributed by atoms with Gasteiger partial charge < -0.3 is 14.6 Å². The van der Waals surface area contributed by atoms with Crippen molar-refractivity contribution in [3.05, 3.63) is 29.8 Å². The highest BCUT2D eigenvalue weighted by Gasteiger charge is 2.43. The average molecular weight is 262 g/mol. The Morgan fingerprint density at radius 2 is 2.05 bits per heavy atom. The Balaban J connectivity index is 1.61. The fourth-order valence-corrected chi connectivity index (χ4v) is 3.02. The SMILES string of the molecule is CC(O)c1ccc(OC2CCOC3(CCC3)C2)cc1. The summed E-state index contributed by atoms with van der Waals surface area (Å²) in [5.41, 5.74) is 1.05. The summed E-state index contributed by atoms with van der Waals surface area (Å²) in [5.74, 6) is 0.894. The first-order valence-corrected chi connectivity index (χ1v) is 7.26. The molecule has 19 heavy (non-hydrogen) atoms. The van der Waals surface area contributed by atoms with Crippen LogP contribution in [0.3, 0.4) is 0 Å². The molecule has 2 aliphatic rings. The van der Waals surface area contributed by atoms with Crippen molar-refractivity contribution in [2.45, 2.75) is 56.8 Å². The van der Waals surface area contributed by atoms with Crippen LogP contribution in [0.2, 0.25) is 0 Å². The van der Waals surface area contributed by atoms with Gasteiger partial charge in [-0.2, -0.15) is 0 Å². The molecular weight excluding hydrogens is 240 g/mol. The summed E-state index contributed by atoms with van der Waals surface area (Å²) in [6, 6.07) is 7.76. The van der Waals surface area contributed by atoms with Crippen LogP contribution in [0, 0.1) is 0 Å². The molecule has 1 spiro atoms. The van der Waals surface area contributed by atoms with Gasteiger partial charge in [0.1, 0.15) is 11.9 Å². The molecule has 0 bridgehead atoms. The number of rotatable bonds is 3. The van der Waals surface area contributed by atoms with Crippen LogP contribution in [-0.4, -0.2) is 23.4 Å². The Bertz CT molecular complexity index is 420. The topological polar surface area (TPSA) is 38.7 Å². The molecule has 1 N–H and O–H groups in total. The van der Waals surface area contributed by atoms with Crippen LogP contribution in [0.5, 0.6) is 5.75 Å². The van der Waals surface area contributed by atoms with Crippen LogP contribution in [0.1, 0.15) is 50.7 Å². The molecule has 1 aliphatic heterocycles. The van der Waals surface area contributed by atoms with E-state index in [4.69, 9.17) is 9.47 Å². The van der Waals surface area contributed by atoms with Gasteiger partial charge in [0, 0.05) is 12.8 Å². The van der Waals surface area contributed by atoms with Gasteiger partial charge in [-0.15, -0.1) is 0 Å². The summed E-state index contributed by atoms with van der Waals surface area (Å²) in [4.78, 5) is 0. The number of aliphatic hydroxyl groups is 1. The molecule has 2 fully saturated rings. The molecule has 3 rings (SSSR count). The Hall–Kier alpha value is -1.06. The maximum atomic E-state index is 9.49. The van der Waals surface area contributed by atoms with Gasteiger partial charge in [0.05, 0.1) is 18.3 Å². The second-order valence-electron chi connectivity index (χ2n) is 5.86. The minimum Gasteiger partial charge on any atom is -0.490 e. The molecule has 3 heteroatoms. The lowest BCUT2D eigenvalue weighted by Crippen LogP contribution is -2.48. The van der Waals surface area contributed by atoms with Crippen molar-refractivity contribution in [3.8, 4) is 5.75 Å². The summed E-state index contributed by atoms with van der Waals surface area (Å²) in [7, 11) is 0. The summed E-state index contributed by atoms with van der Waals surface area (Å²) in [6.07, 6.45) is 5.50. The molecule has 1 aromatic rings. The van der Waals surface area contributed by atoms with Crippen molar-refractivity contribution in [1.29, 1.82) is 0 Å². The molecular formula is C16H22O3. The fraction of sp³-hybridized carbons (Fsp3) is 0.625. The predicted octanol–water partition coefficient (Wildman–Crippen LogP) is 3.22. The normalized spacial score (nSPS) is 26.7. The van der Waals surface area contributed by atoms with Crippen LogP contribution in [0.25, 0.3) is 0 Å². The lowest BCUT2D eigenvalue weighted by atomic mass is 9.74. The summed E-state index contributed by atoms with van der Waals surface area (Å²) < 4.78 is 12.0. The Labute approximate surface area is 114 Å². The number of benzene rings is 1. The van der Waals surface area contributed by atoms with Crippen LogP contribution in [0.4, 0.5) is 0 Å². The van der Waals surface area contributed by atoms with E-state index in [2.05, 4.69) is 0 Å². The van der Waals surface area contributed by atoms with E-state index in [9.17, 15) is 5.11 Å². The van der Waals surface area contributed by atoms with Crippen molar-refractivity contribution in [1.82, 2.24) is 0 Å². The van der Waals surface area contributed by atoms with Crippen molar-refractivity contribution >= 4 is 0 Å². The lowest BCUT2D eigenvalue weighted by Gasteiger charge is -2.46. The van der Waals surface area contributed by atoms with Gasteiger partial charge in [0.25, 0.3) is 0 Å². The van der Waals surface area contributed by atoms with E-state index < -0.39 is 6.10 Å². The van der Waals surface area contributed by atoms with Gasteiger partial charge in [0.15, 0.2) is 0 Å². The van der Waals surface area contributed by atoms with E-state index in [0.29, 0.717) is 0 Å². The highest BCUT2D eigenvalue weighted by Crippen LogP contribution is 2.43. The van der Waals surface area contributed by atoms with Gasteiger partial charge in [-0.05, 0) is 43.9 Å². The van der Waals surface area contributed by atoms with Crippen LogP contribution in [-0.2, 0) is 4.74 Å². The molecule has 1 aromatic carbocycles. The first kappa shape index (κ1) is 12.9. The van der Waals surface area contributed by atoms with Gasteiger partial charge in [0.2, 0.25) is 0 Å². The van der Waals surface area contributed by atoms with E-state index in [-0.39, 0.29) is 11.7 Å². The molecule has 104 valence electrons. The van der Waals surface area contributed by atoms with Crippen molar-refractivity contribution in [2.75, 3.05) is 6.61 Å². The number of hydrogen-bond acceptors (Lipinski definition) is 3. The monoisotopic (exact) mass is 262 g/mol. The second kappa shape index (κ2) is 5.14. The van der Waals surface area contributed by atoms with E-state index in [1.165, 1.54) is 19.3 Å². The highest BCUT2D eigenvalue weighted by molar-refractivity contribution is 5.28. The Morgan fingerprint density at radius 1 is 1.32 bits per heavy atom. The summed E-state index contributed by atoms with van der Waals surface area (Å²) >= 11 is 0. The summed E-state index contributed by atoms with van der Waals surface area (Å²) in [5, 5.41) is 9.49. The maximum absolute atomic E-state index is 9.49. The predicted molar refractivity (Wildman–Crippen MR) is 73.3 cm³/mol. The molecule has 2 atom stereocenters. The quantitative estimate of drug-likeness (QED) is 0.909. The Kier molecular flexibility index (Phi) is 3.50. The first-order chi connectivity index (χ1) is 9.17. The average Bonchev–Trinajstić information content (AvgIpc) is 2.38. The van der Waals surface area contributed by atoms with Crippen LogP contribution < -0.4 is 4.74 Å². The van der Waals surface area contributed by atoms with Gasteiger partial charge >= 0.3 is 0 Å². The Morgan fingerprint density at radius 3 is 2.63 bits per heavy atom. The minimum atomic E-state index is -0.421. The van der Waals surface area contributed by atoms with Crippen LogP contribution in [0.15, 0.2) is 24.3 Å². The minimum absolute atomic E-state index is 0.127. The fourth-order valence-electron chi connectivity index (χ4n) is 3.02.